The molecule has 2 rings (SSSR count). The third-order valence-corrected chi connectivity index (χ3v) is 3.43. The summed E-state index contributed by atoms with van der Waals surface area (Å²) in [5, 5.41) is 0. The van der Waals surface area contributed by atoms with Gasteiger partial charge in [0, 0.05) is 11.6 Å². The maximum absolute atomic E-state index is 13.8. The molecule has 2 nitrogen and oxygen atoms in total. The van der Waals surface area contributed by atoms with E-state index in [0.29, 0.717) is 12.8 Å². The normalized spacial score (nSPS) is 26.9. The predicted molar refractivity (Wildman–Crippen MR) is 74.0 cm³/mol. The highest BCUT2D eigenvalue weighted by molar-refractivity contribution is 5.85. The van der Waals surface area contributed by atoms with Crippen LogP contribution in [0.3, 0.4) is 0 Å². The lowest BCUT2D eigenvalue weighted by Gasteiger charge is -2.31. The standard InChI is InChI=1S/C14H18F3NO.ClH/c15-12-8-11(18)6-7-13(12)19-9-14(16,17)10-4-2-1-3-5-10;/h1-5,11-13H,6-9,18H2;1H. The van der Waals surface area contributed by atoms with Crippen LogP contribution in [0.2, 0.25) is 0 Å². The van der Waals surface area contributed by atoms with Gasteiger partial charge < -0.3 is 10.5 Å². The van der Waals surface area contributed by atoms with Gasteiger partial charge in [0.1, 0.15) is 12.8 Å². The van der Waals surface area contributed by atoms with Crippen molar-refractivity contribution >= 4 is 12.4 Å². The van der Waals surface area contributed by atoms with Crippen molar-refractivity contribution in [2.75, 3.05) is 6.61 Å². The molecule has 0 heterocycles. The summed E-state index contributed by atoms with van der Waals surface area (Å²) in [7, 11) is 0. The summed E-state index contributed by atoms with van der Waals surface area (Å²) in [6, 6.07) is 7.24. The number of nitrogens with two attached hydrogens (primary N) is 1. The number of alkyl halides is 3. The number of halogens is 4. The zero-order chi connectivity index (χ0) is 13.9. The molecule has 1 aliphatic rings. The van der Waals surface area contributed by atoms with Crippen molar-refractivity contribution in [2.24, 2.45) is 5.73 Å². The topological polar surface area (TPSA) is 35.2 Å². The van der Waals surface area contributed by atoms with Gasteiger partial charge in [0.15, 0.2) is 0 Å². The molecule has 2 N–H and O–H groups in total. The van der Waals surface area contributed by atoms with E-state index in [2.05, 4.69) is 0 Å². The molecule has 0 aliphatic heterocycles. The summed E-state index contributed by atoms with van der Waals surface area (Å²) < 4.78 is 46.4. The first-order valence-corrected chi connectivity index (χ1v) is 6.43. The SMILES string of the molecule is Cl.NC1CCC(OCC(F)(F)c2ccccc2)C(F)C1. The number of rotatable bonds is 4. The van der Waals surface area contributed by atoms with Crippen molar-refractivity contribution in [3.63, 3.8) is 0 Å². The Morgan fingerprint density at radius 1 is 1.20 bits per heavy atom. The molecule has 114 valence electrons. The summed E-state index contributed by atoms with van der Waals surface area (Å²) in [5.41, 5.74) is 5.50. The van der Waals surface area contributed by atoms with Crippen LogP contribution in [0.5, 0.6) is 0 Å². The van der Waals surface area contributed by atoms with Crippen LogP contribution >= 0.6 is 12.4 Å². The van der Waals surface area contributed by atoms with Crippen molar-refractivity contribution in [1.82, 2.24) is 0 Å². The van der Waals surface area contributed by atoms with E-state index in [9.17, 15) is 13.2 Å². The van der Waals surface area contributed by atoms with E-state index in [0.717, 1.165) is 0 Å². The van der Waals surface area contributed by atoms with Gasteiger partial charge in [-0.2, -0.15) is 8.78 Å². The Kier molecular flexibility index (Phi) is 6.30. The van der Waals surface area contributed by atoms with Gasteiger partial charge in [-0.15, -0.1) is 12.4 Å². The van der Waals surface area contributed by atoms with Gasteiger partial charge in [0.2, 0.25) is 0 Å². The molecule has 0 aromatic heterocycles. The van der Waals surface area contributed by atoms with E-state index in [1.54, 1.807) is 18.2 Å². The lowest BCUT2D eigenvalue weighted by Crippen LogP contribution is -2.40. The molecule has 1 aromatic rings. The van der Waals surface area contributed by atoms with Crippen LogP contribution in [-0.2, 0) is 10.7 Å². The second-order valence-electron chi connectivity index (χ2n) is 5.01. The van der Waals surface area contributed by atoms with E-state index in [1.807, 2.05) is 0 Å². The molecule has 1 aliphatic carbocycles. The Hall–Kier alpha value is -0.780. The lowest BCUT2D eigenvalue weighted by atomic mass is 9.92. The first-order valence-electron chi connectivity index (χ1n) is 6.43. The van der Waals surface area contributed by atoms with Gasteiger partial charge in [0.25, 0.3) is 5.92 Å². The minimum Gasteiger partial charge on any atom is -0.369 e. The molecule has 1 aromatic carbocycles. The molecule has 6 heteroatoms. The molecule has 0 spiro atoms. The third kappa shape index (κ3) is 4.36. The average molecular weight is 310 g/mol. The Bertz CT molecular complexity index is 405. The fourth-order valence-corrected chi connectivity index (χ4v) is 2.28. The molecule has 1 saturated carbocycles. The Balaban J connectivity index is 0.00000200. The molecular weight excluding hydrogens is 291 g/mol. The van der Waals surface area contributed by atoms with Gasteiger partial charge in [-0.1, -0.05) is 30.3 Å². The minimum absolute atomic E-state index is 0. The van der Waals surface area contributed by atoms with E-state index in [4.69, 9.17) is 10.5 Å². The third-order valence-electron chi connectivity index (χ3n) is 3.43. The van der Waals surface area contributed by atoms with Crippen molar-refractivity contribution in [3.05, 3.63) is 35.9 Å². The Morgan fingerprint density at radius 3 is 2.45 bits per heavy atom. The number of hydrogen-bond acceptors (Lipinski definition) is 2. The highest BCUT2D eigenvalue weighted by Crippen LogP contribution is 2.30. The summed E-state index contributed by atoms with van der Waals surface area (Å²) in [5.74, 6) is -3.10. The van der Waals surface area contributed by atoms with Crippen LogP contribution in [0.1, 0.15) is 24.8 Å². The largest absolute Gasteiger partial charge is 0.369 e. The van der Waals surface area contributed by atoms with Crippen molar-refractivity contribution in [3.8, 4) is 0 Å². The zero-order valence-electron chi connectivity index (χ0n) is 11.0. The number of ether oxygens (including phenoxy) is 1. The molecule has 0 amide bonds. The fourth-order valence-electron chi connectivity index (χ4n) is 2.28. The molecule has 3 unspecified atom stereocenters. The Morgan fingerprint density at radius 2 is 1.85 bits per heavy atom. The number of hydrogen-bond donors (Lipinski definition) is 1. The van der Waals surface area contributed by atoms with Gasteiger partial charge in [-0.3, -0.25) is 0 Å². The molecular formula is C14H19ClF3NO. The first-order chi connectivity index (χ1) is 8.99. The van der Waals surface area contributed by atoms with Crippen LogP contribution in [0, 0.1) is 0 Å². The van der Waals surface area contributed by atoms with Gasteiger partial charge in [-0.05, 0) is 19.3 Å². The Labute approximate surface area is 122 Å². The summed E-state index contributed by atoms with van der Waals surface area (Å²) >= 11 is 0. The fraction of sp³-hybridized carbons (Fsp3) is 0.571. The second-order valence-corrected chi connectivity index (χ2v) is 5.01. The lowest BCUT2D eigenvalue weighted by molar-refractivity contribution is -0.126. The molecule has 3 atom stereocenters. The molecule has 0 saturated heterocycles. The highest BCUT2D eigenvalue weighted by Gasteiger charge is 2.36. The first kappa shape index (κ1) is 17.3. The van der Waals surface area contributed by atoms with E-state index >= 15 is 0 Å². The highest BCUT2D eigenvalue weighted by atomic mass is 35.5. The smallest absolute Gasteiger partial charge is 0.296 e. The van der Waals surface area contributed by atoms with Gasteiger partial charge in [0.05, 0.1) is 6.10 Å². The van der Waals surface area contributed by atoms with E-state index in [-0.39, 0.29) is 30.4 Å². The van der Waals surface area contributed by atoms with Gasteiger partial charge >= 0.3 is 0 Å². The van der Waals surface area contributed by atoms with Gasteiger partial charge in [-0.25, -0.2) is 4.39 Å². The molecule has 1 fully saturated rings. The van der Waals surface area contributed by atoms with E-state index < -0.39 is 24.8 Å². The van der Waals surface area contributed by atoms with Crippen LogP contribution in [0.15, 0.2) is 30.3 Å². The van der Waals surface area contributed by atoms with E-state index in [1.165, 1.54) is 12.1 Å². The number of benzene rings is 1. The van der Waals surface area contributed by atoms with Crippen LogP contribution in [0.4, 0.5) is 13.2 Å². The van der Waals surface area contributed by atoms with Crippen LogP contribution in [-0.4, -0.2) is 24.9 Å². The van der Waals surface area contributed by atoms with Crippen molar-refractivity contribution in [1.29, 1.82) is 0 Å². The molecule has 0 bridgehead atoms. The molecule has 0 radical (unpaired) electrons. The van der Waals surface area contributed by atoms with Crippen molar-refractivity contribution in [2.45, 2.75) is 43.5 Å². The maximum atomic E-state index is 13.8. The quantitative estimate of drug-likeness (QED) is 0.925. The molecule has 20 heavy (non-hydrogen) atoms. The zero-order valence-corrected chi connectivity index (χ0v) is 11.8. The van der Waals surface area contributed by atoms with Crippen LogP contribution < -0.4 is 5.73 Å². The average Bonchev–Trinajstić information content (AvgIpc) is 2.39. The van der Waals surface area contributed by atoms with Crippen LogP contribution in [0.25, 0.3) is 0 Å². The summed E-state index contributed by atoms with van der Waals surface area (Å²) in [4.78, 5) is 0. The second kappa shape index (κ2) is 7.29. The minimum atomic E-state index is -3.10. The monoisotopic (exact) mass is 309 g/mol. The predicted octanol–water partition coefficient (Wildman–Crippen LogP) is 3.43. The van der Waals surface area contributed by atoms with Crippen molar-refractivity contribution < 1.29 is 17.9 Å². The summed E-state index contributed by atoms with van der Waals surface area (Å²) in [6.45, 7) is -0.794. The maximum Gasteiger partial charge on any atom is 0.296 e. The summed E-state index contributed by atoms with van der Waals surface area (Å²) in [6.07, 6.45) is -0.832.